The van der Waals surface area contributed by atoms with Crippen LogP contribution in [-0.2, 0) is 18.9 Å². The molecule has 230 valence electrons. The van der Waals surface area contributed by atoms with Crippen molar-refractivity contribution < 1.29 is 48.3 Å². The van der Waals surface area contributed by atoms with Crippen LogP contribution < -0.4 is 0 Å². The van der Waals surface area contributed by atoms with Crippen molar-refractivity contribution in [3.8, 4) is 23.7 Å². The summed E-state index contributed by atoms with van der Waals surface area (Å²) in [5.74, 6) is 11.0. The highest BCUT2D eigenvalue weighted by Crippen LogP contribution is 1.98. The van der Waals surface area contributed by atoms with Gasteiger partial charge in [-0.1, -0.05) is 38.5 Å². The number of hydrogen-bond donors (Lipinski definition) is 2. The summed E-state index contributed by atoms with van der Waals surface area (Å²) in [5.41, 5.74) is 0. The topological polar surface area (TPSA) is 152 Å². The Balaban J connectivity index is -0.000000515. The number of ether oxygens (including phenoxy) is 4. The van der Waals surface area contributed by atoms with Gasteiger partial charge in [0.05, 0.1) is 26.4 Å². The van der Waals surface area contributed by atoms with Crippen molar-refractivity contribution in [2.45, 2.75) is 79.1 Å². The molecule has 40 heavy (non-hydrogen) atoms. The van der Waals surface area contributed by atoms with Crippen LogP contribution in [0.5, 0.6) is 0 Å². The highest BCUT2D eigenvalue weighted by molar-refractivity contribution is 5.87. The van der Waals surface area contributed by atoms with Gasteiger partial charge in [-0.15, -0.1) is 0 Å². The lowest BCUT2D eigenvalue weighted by molar-refractivity contribution is 0.0846. The molecule has 12 heteroatoms. The van der Waals surface area contributed by atoms with Crippen LogP contribution in [0.25, 0.3) is 0 Å². The third-order valence-corrected chi connectivity index (χ3v) is 4.24. The van der Waals surface area contributed by atoms with Gasteiger partial charge < -0.3 is 29.2 Å². The molecule has 0 aromatic rings. The second-order valence-electron chi connectivity index (χ2n) is 7.71. The molecule has 0 saturated carbocycles. The SMILES string of the molecule is CCCCOC(=O)N(C)C(=O)OCC.CCCCOC(=O)N(C)C(=O)OCC.OCCCC#CC#CCCCO. The number of imide groups is 2. The third kappa shape index (κ3) is 27.6. The molecule has 2 N–H and O–H groups in total. The number of carbonyl (C=O) groups is 4. The fraction of sp³-hybridized carbons (Fsp3) is 0.714. The minimum Gasteiger partial charge on any atom is -0.449 e. The van der Waals surface area contributed by atoms with Crippen molar-refractivity contribution in [2.24, 2.45) is 0 Å². The summed E-state index contributed by atoms with van der Waals surface area (Å²) in [6, 6.07) is 0. The number of amides is 4. The van der Waals surface area contributed by atoms with Gasteiger partial charge in [-0.25, -0.2) is 29.0 Å². The molecule has 0 radical (unpaired) electrons. The molecule has 0 aromatic heterocycles. The summed E-state index contributed by atoms with van der Waals surface area (Å²) < 4.78 is 18.8. The maximum Gasteiger partial charge on any atom is 0.419 e. The lowest BCUT2D eigenvalue weighted by Crippen LogP contribution is -2.34. The predicted molar refractivity (Wildman–Crippen MR) is 150 cm³/mol. The summed E-state index contributed by atoms with van der Waals surface area (Å²) in [7, 11) is 2.65. The van der Waals surface area contributed by atoms with Crippen molar-refractivity contribution >= 4 is 24.4 Å². The normalized spacial score (nSPS) is 8.90. The van der Waals surface area contributed by atoms with E-state index < -0.39 is 24.4 Å². The van der Waals surface area contributed by atoms with Crippen molar-refractivity contribution in [3.05, 3.63) is 0 Å². The average molecular weight is 573 g/mol. The molecule has 0 saturated heterocycles. The molecule has 0 aromatic carbocycles. The zero-order valence-corrected chi connectivity index (χ0v) is 25.0. The Morgan fingerprint density at radius 2 is 0.900 bits per heavy atom. The lowest BCUT2D eigenvalue weighted by atomic mass is 10.3. The first-order chi connectivity index (χ1) is 19.2. The molecule has 0 unspecified atom stereocenters. The molecule has 0 aliphatic rings. The number of nitrogens with zero attached hydrogens (tertiary/aromatic N) is 2. The van der Waals surface area contributed by atoms with Gasteiger partial charge in [0.15, 0.2) is 0 Å². The van der Waals surface area contributed by atoms with Crippen molar-refractivity contribution in [3.63, 3.8) is 0 Å². The number of aliphatic hydroxyl groups is 2. The first kappa shape index (κ1) is 41.0. The first-order valence-electron chi connectivity index (χ1n) is 13.5. The van der Waals surface area contributed by atoms with Gasteiger partial charge in [-0.3, -0.25) is 0 Å². The van der Waals surface area contributed by atoms with E-state index in [0.717, 1.165) is 35.5 Å². The lowest BCUT2D eigenvalue weighted by Gasteiger charge is -2.14. The highest BCUT2D eigenvalue weighted by atomic mass is 16.6. The Kier molecular flexibility index (Phi) is 32.5. The van der Waals surface area contributed by atoms with E-state index in [4.69, 9.17) is 19.7 Å². The van der Waals surface area contributed by atoms with Gasteiger partial charge in [0.1, 0.15) is 0 Å². The number of carbonyl (C=O) groups excluding carboxylic acids is 4. The van der Waals surface area contributed by atoms with Crippen LogP contribution in [0.2, 0.25) is 0 Å². The Morgan fingerprint density at radius 3 is 1.18 bits per heavy atom. The second kappa shape index (κ2) is 31.7. The van der Waals surface area contributed by atoms with E-state index in [1.807, 2.05) is 13.8 Å². The van der Waals surface area contributed by atoms with Crippen molar-refractivity contribution in [2.75, 3.05) is 53.7 Å². The van der Waals surface area contributed by atoms with Gasteiger partial charge >= 0.3 is 24.4 Å². The molecule has 0 fully saturated rings. The molecule has 0 spiro atoms. The number of rotatable bonds is 12. The van der Waals surface area contributed by atoms with E-state index >= 15 is 0 Å². The van der Waals surface area contributed by atoms with Gasteiger partial charge in [0, 0.05) is 40.2 Å². The third-order valence-electron chi connectivity index (χ3n) is 4.24. The van der Waals surface area contributed by atoms with Crippen LogP contribution in [0.15, 0.2) is 0 Å². The Morgan fingerprint density at radius 1 is 0.575 bits per heavy atom. The van der Waals surface area contributed by atoms with E-state index in [2.05, 4.69) is 33.2 Å². The molecule has 4 amide bonds. The molecule has 12 nitrogen and oxygen atoms in total. The van der Waals surface area contributed by atoms with E-state index in [-0.39, 0.29) is 26.4 Å². The molecule has 0 atom stereocenters. The first-order valence-corrected chi connectivity index (χ1v) is 13.5. The summed E-state index contributed by atoms with van der Waals surface area (Å²) in [4.78, 5) is 46.0. The van der Waals surface area contributed by atoms with Crippen LogP contribution in [0, 0.1) is 23.7 Å². The summed E-state index contributed by atoms with van der Waals surface area (Å²) in [6.45, 7) is 8.85. The van der Waals surface area contributed by atoms with E-state index in [1.165, 1.54) is 14.1 Å². The largest absolute Gasteiger partial charge is 0.449 e. The fourth-order valence-electron chi connectivity index (χ4n) is 1.94. The molecule has 0 aliphatic carbocycles. The molecule has 0 bridgehead atoms. The van der Waals surface area contributed by atoms with Gasteiger partial charge in [-0.2, -0.15) is 0 Å². The fourth-order valence-corrected chi connectivity index (χ4v) is 1.94. The second-order valence-corrected chi connectivity index (χ2v) is 7.71. The molecular formula is C28H48N2O10. The van der Waals surface area contributed by atoms with Crippen molar-refractivity contribution in [1.82, 2.24) is 9.80 Å². The van der Waals surface area contributed by atoms with Crippen molar-refractivity contribution in [1.29, 1.82) is 0 Å². The minimum absolute atomic E-state index is 0.187. The van der Waals surface area contributed by atoms with E-state index in [9.17, 15) is 19.2 Å². The Hall–Kier alpha value is -3.48. The van der Waals surface area contributed by atoms with Gasteiger partial charge in [-0.05, 0) is 51.4 Å². The highest BCUT2D eigenvalue weighted by Gasteiger charge is 2.19. The maximum absolute atomic E-state index is 11.1. The quantitative estimate of drug-likeness (QED) is 0.193. The smallest absolute Gasteiger partial charge is 0.419 e. The van der Waals surface area contributed by atoms with Gasteiger partial charge in [0.2, 0.25) is 0 Å². The zero-order chi connectivity index (χ0) is 31.0. The van der Waals surface area contributed by atoms with Gasteiger partial charge in [0.25, 0.3) is 0 Å². The summed E-state index contributed by atoms with van der Waals surface area (Å²) in [6.07, 6.45) is 3.58. The number of hydrogen-bond acceptors (Lipinski definition) is 10. The number of unbranched alkanes of at least 4 members (excludes halogenated alkanes) is 4. The van der Waals surface area contributed by atoms with E-state index in [0.29, 0.717) is 38.9 Å². The number of aliphatic hydroxyl groups excluding tert-OH is 2. The zero-order valence-electron chi connectivity index (χ0n) is 25.0. The van der Waals surface area contributed by atoms with Crippen LogP contribution in [0.4, 0.5) is 19.2 Å². The molecule has 0 rings (SSSR count). The molecule has 0 heterocycles. The van der Waals surface area contributed by atoms with Crippen LogP contribution in [0.3, 0.4) is 0 Å². The van der Waals surface area contributed by atoms with Crippen LogP contribution in [-0.4, -0.2) is 98.1 Å². The minimum atomic E-state index is -0.686. The predicted octanol–water partition coefficient (Wildman–Crippen LogP) is 4.56. The Labute approximate surface area is 239 Å². The summed E-state index contributed by atoms with van der Waals surface area (Å²) in [5, 5.41) is 16.8. The summed E-state index contributed by atoms with van der Waals surface area (Å²) >= 11 is 0. The average Bonchev–Trinajstić information content (AvgIpc) is 2.94. The molecule has 0 aliphatic heterocycles. The monoisotopic (exact) mass is 572 g/mol. The van der Waals surface area contributed by atoms with Crippen LogP contribution in [0.1, 0.15) is 79.1 Å². The maximum atomic E-state index is 11.1. The van der Waals surface area contributed by atoms with E-state index in [1.54, 1.807) is 13.8 Å². The standard InChI is InChI=1S/C10H14O2.2C9H17NO4/c11-9-7-5-3-1-2-4-6-8-10-12;2*1-4-6-7-14-9(12)10(3)8(11)13-5-2/h11-12H,5-10H2;2*4-7H2,1-3H3. The Bertz CT molecular complexity index is 730. The molecular weight excluding hydrogens is 524 g/mol. The van der Waals surface area contributed by atoms with Crippen LogP contribution >= 0.6 is 0 Å².